The van der Waals surface area contributed by atoms with Gasteiger partial charge in [-0.2, -0.15) is 0 Å². The lowest BCUT2D eigenvalue weighted by molar-refractivity contribution is 0.0660. The number of hydrogen-bond donors (Lipinski definition) is 2. The molecule has 2 N–H and O–H groups in total. The molecule has 0 saturated heterocycles. The molecule has 0 amide bonds. The van der Waals surface area contributed by atoms with Crippen molar-refractivity contribution >= 4 is 5.97 Å². The summed E-state index contributed by atoms with van der Waals surface area (Å²) in [6.45, 7) is 3.11. The van der Waals surface area contributed by atoms with Crippen LogP contribution in [0.4, 0.5) is 0 Å². The second-order valence-corrected chi connectivity index (χ2v) is 3.99. The number of carboxylic acids is 1. The van der Waals surface area contributed by atoms with Gasteiger partial charge in [0.1, 0.15) is 0 Å². The summed E-state index contributed by atoms with van der Waals surface area (Å²) in [6, 6.07) is 3.60. The Balaban J connectivity index is 1.95. The SMILES string of the molecule is Cc1cnccc1CNCc1ccoc1C(=O)O. The van der Waals surface area contributed by atoms with Crippen LogP contribution in [-0.2, 0) is 13.1 Å². The van der Waals surface area contributed by atoms with Crippen LogP contribution in [0.1, 0.15) is 27.2 Å². The highest BCUT2D eigenvalue weighted by Gasteiger charge is 2.13. The number of carbonyl (C=O) groups is 1. The second kappa shape index (κ2) is 5.46. The fourth-order valence-electron chi connectivity index (χ4n) is 1.69. The Labute approximate surface area is 104 Å². The minimum Gasteiger partial charge on any atom is -0.475 e. The molecule has 2 heterocycles. The monoisotopic (exact) mass is 246 g/mol. The van der Waals surface area contributed by atoms with Crippen LogP contribution >= 0.6 is 0 Å². The third-order valence-electron chi connectivity index (χ3n) is 2.71. The van der Waals surface area contributed by atoms with Crippen molar-refractivity contribution in [2.45, 2.75) is 20.0 Å². The van der Waals surface area contributed by atoms with Crippen LogP contribution in [0.15, 0.2) is 35.2 Å². The lowest BCUT2D eigenvalue weighted by atomic mass is 10.1. The van der Waals surface area contributed by atoms with Crippen molar-refractivity contribution in [1.29, 1.82) is 0 Å². The number of pyridine rings is 1. The molecule has 0 atom stereocenters. The largest absolute Gasteiger partial charge is 0.475 e. The molecule has 0 radical (unpaired) electrons. The van der Waals surface area contributed by atoms with Gasteiger partial charge in [0.25, 0.3) is 0 Å². The van der Waals surface area contributed by atoms with Gasteiger partial charge in [-0.1, -0.05) is 0 Å². The lowest BCUT2D eigenvalue weighted by Gasteiger charge is -2.06. The first-order valence-electron chi connectivity index (χ1n) is 5.58. The minimum absolute atomic E-state index is 0.00560. The lowest BCUT2D eigenvalue weighted by Crippen LogP contribution is -2.15. The number of furan rings is 1. The van der Waals surface area contributed by atoms with Gasteiger partial charge in [0.05, 0.1) is 6.26 Å². The van der Waals surface area contributed by atoms with E-state index in [9.17, 15) is 4.79 Å². The maximum atomic E-state index is 10.8. The van der Waals surface area contributed by atoms with Crippen molar-refractivity contribution < 1.29 is 14.3 Å². The molecule has 0 aliphatic rings. The molecule has 5 heteroatoms. The summed E-state index contributed by atoms with van der Waals surface area (Å²) in [4.78, 5) is 14.9. The normalized spacial score (nSPS) is 10.5. The van der Waals surface area contributed by atoms with Crippen LogP contribution in [0.2, 0.25) is 0 Å². The van der Waals surface area contributed by atoms with Gasteiger partial charge in [-0.15, -0.1) is 0 Å². The Hall–Kier alpha value is -2.14. The molecule has 0 saturated carbocycles. The predicted molar refractivity (Wildman–Crippen MR) is 65.2 cm³/mol. The standard InChI is InChI=1S/C13H14N2O3/c1-9-6-14-4-2-10(9)7-15-8-11-3-5-18-12(11)13(16)17/h2-6,15H,7-8H2,1H3,(H,16,17). The van der Waals surface area contributed by atoms with Gasteiger partial charge in [0.15, 0.2) is 0 Å². The van der Waals surface area contributed by atoms with Crippen molar-refractivity contribution in [3.05, 3.63) is 53.2 Å². The van der Waals surface area contributed by atoms with Crippen molar-refractivity contribution in [2.24, 2.45) is 0 Å². The second-order valence-electron chi connectivity index (χ2n) is 3.99. The van der Waals surface area contributed by atoms with E-state index in [4.69, 9.17) is 9.52 Å². The van der Waals surface area contributed by atoms with Crippen LogP contribution < -0.4 is 5.32 Å². The Morgan fingerprint density at radius 2 is 2.17 bits per heavy atom. The number of aromatic nitrogens is 1. The van der Waals surface area contributed by atoms with E-state index in [0.717, 1.165) is 11.1 Å². The molecular formula is C13H14N2O3. The number of nitrogens with zero attached hydrogens (tertiary/aromatic N) is 1. The zero-order chi connectivity index (χ0) is 13.0. The number of carboxylic acid groups (broad SMARTS) is 1. The van der Waals surface area contributed by atoms with E-state index in [2.05, 4.69) is 10.3 Å². The van der Waals surface area contributed by atoms with Crippen molar-refractivity contribution in [1.82, 2.24) is 10.3 Å². The molecule has 94 valence electrons. The number of aryl methyl sites for hydroxylation is 1. The van der Waals surface area contributed by atoms with E-state index in [-0.39, 0.29) is 5.76 Å². The zero-order valence-electron chi connectivity index (χ0n) is 10.0. The molecule has 2 rings (SSSR count). The summed E-state index contributed by atoms with van der Waals surface area (Å²) >= 11 is 0. The van der Waals surface area contributed by atoms with Gasteiger partial charge in [0, 0.05) is 31.0 Å². The number of aromatic carboxylic acids is 1. The van der Waals surface area contributed by atoms with E-state index < -0.39 is 5.97 Å². The third-order valence-corrected chi connectivity index (χ3v) is 2.71. The van der Waals surface area contributed by atoms with E-state index in [0.29, 0.717) is 18.7 Å². The fourth-order valence-corrected chi connectivity index (χ4v) is 1.69. The summed E-state index contributed by atoms with van der Waals surface area (Å²) in [7, 11) is 0. The number of rotatable bonds is 5. The number of hydrogen-bond acceptors (Lipinski definition) is 4. The number of nitrogens with one attached hydrogen (secondary N) is 1. The van der Waals surface area contributed by atoms with Gasteiger partial charge in [-0.3, -0.25) is 4.98 Å². The molecule has 0 bridgehead atoms. The average Bonchev–Trinajstić information content (AvgIpc) is 2.80. The summed E-state index contributed by atoms with van der Waals surface area (Å²) in [5, 5.41) is 12.1. The van der Waals surface area contributed by atoms with Crippen molar-refractivity contribution in [2.75, 3.05) is 0 Å². The molecule has 0 aliphatic heterocycles. The quantitative estimate of drug-likeness (QED) is 0.843. The van der Waals surface area contributed by atoms with Gasteiger partial charge in [0.2, 0.25) is 5.76 Å². The Kier molecular flexibility index (Phi) is 3.74. The Morgan fingerprint density at radius 1 is 1.39 bits per heavy atom. The molecule has 0 aliphatic carbocycles. The van der Waals surface area contributed by atoms with Crippen molar-refractivity contribution in [3.8, 4) is 0 Å². The summed E-state index contributed by atoms with van der Waals surface area (Å²) in [6.07, 6.45) is 4.93. The minimum atomic E-state index is -1.04. The molecule has 0 spiro atoms. The highest BCUT2D eigenvalue weighted by atomic mass is 16.4. The Morgan fingerprint density at radius 3 is 2.89 bits per heavy atom. The molecule has 0 fully saturated rings. The molecular weight excluding hydrogens is 232 g/mol. The molecule has 0 aromatic carbocycles. The van der Waals surface area contributed by atoms with Gasteiger partial charge in [-0.05, 0) is 30.2 Å². The summed E-state index contributed by atoms with van der Waals surface area (Å²) in [5.74, 6) is -1.05. The van der Waals surface area contributed by atoms with E-state index in [1.54, 1.807) is 18.5 Å². The maximum Gasteiger partial charge on any atom is 0.372 e. The van der Waals surface area contributed by atoms with Crippen LogP contribution in [0.5, 0.6) is 0 Å². The Bertz CT molecular complexity index is 549. The molecule has 18 heavy (non-hydrogen) atoms. The topological polar surface area (TPSA) is 75.4 Å². The molecule has 2 aromatic heterocycles. The third kappa shape index (κ3) is 2.75. The summed E-state index contributed by atoms with van der Waals surface area (Å²) < 4.78 is 4.90. The molecule has 2 aromatic rings. The zero-order valence-corrected chi connectivity index (χ0v) is 10.0. The average molecular weight is 246 g/mol. The molecule has 5 nitrogen and oxygen atoms in total. The van der Waals surface area contributed by atoms with E-state index in [1.807, 2.05) is 13.0 Å². The van der Waals surface area contributed by atoms with Gasteiger partial charge < -0.3 is 14.8 Å². The predicted octanol–water partition coefficient (Wildman–Crippen LogP) is 1.97. The van der Waals surface area contributed by atoms with Crippen LogP contribution in [0.3, 0.4) is 0 Å². The smallest absolute Gasteiger partial charge is 0.372 e. The van der Waals surface area contributed by atoms with E-state index in [1.165, 1.54) is 6.26 Å². The highest BCUT2D eigenvalue weighted by molar-refractivity contribution is 5.86. The highest BCUT2D eigenvalue weighted by Crippen LogP contribution is 2.11. The summed E-state index contributed by atoms with van der Waals surface area (Å²) in [5.41, 5.74) is 2.90. The van der Waals surface area contributed by atoms with Gasteiger partial charge >= 0.3 is 5.97 Å². The van der Waals surface area contributed by atoms with Crippen LogP contribution in [-0.4, -0.2) is 16.1 Å². The first kappa shape index (κ1) is 12.3. The van der Waals surface area contributed by atoms with E-state index >= 15 is 0 Å². The van der Waals surface area contributed by atoms with Crippen LogP contribution in [0, 0.1) is 6.92 Å². The maximum absolute atomic E-state index is 10.8. The van der Waals surface area contributed by atoms with Crippen LogP contribution in [0.25, 0.3) is 0 Å². The van der Waals surface area contributed by atoms with Crippen molar-refractivity contribution in [3.63, 3.8) is 0 Å². The molecule has 0 unspecified atom stereocenters. The fraction of sp³-hybridized carbons (Fsp3) is 0.231. The first-order chi connectivity index (χ1) is 8.68. The van der Waals surface area contributed by atoms with Gasteiger partial charge in [-0.25, -0.2) is 4.79 Å². The first-order valence-corrected chi connectivity index (χ1v) is 5.58.